The molecule has 4 nitrogen and oxygen atoms in total. The molecule has 1 N–H and O–H groups in total. The topological polar surface area (TPSA) is 49.4 Å². The van der Waals surface area contributed by atoms with Crippen LogP contribution in [0.15, 0.2) is 66.4 Å². The number of benzene rings is 3. The summed E-state index contributed by atoms with van der Waals surface area (Å²) in [7, 11) is 0. The molecule has 0 radical (unpaired) electrons. The predicted molar refractivity (Wildman–Crippen MR) is 135 cm³/mol. The number of aryl methyl sites for hydroxylation is 4. The summed E-state index contributed by atoms with van der Waals surface area (Å²) in [5, 5.41) is 3.27. The van der Waals surface area contributed by atoms with Crippen LogP contribution >= 0.6 is 0 Å². The summed E-state index contributed by atoms with van der Waals surface area (Å²) in [6.07, 6.45) is 0. The summed E-state index contributed by atoms with van der Waals surface area (Å²) in [6.45, 7) is 12.4. The Bertz CT molecular complexity index is 1280. The van der Waals surface area contributed by atoms with Crippen LogP contribution in [0.5, 0.6) is 0 Å². The smallest absolute Gasteiger partial charge is 0.282 e. The molecule has 0 bridgehead atoms. The highest BCUT2D eigenvalue weighted by Crippen LogP contribution is 2.35. The zero-order valence-electron chi connectivity index (χ0n) is 20.1. The lowest BCUT2D eigenvalue weighted by molar-refractivity contribution is -0.120. The number of hydrogen-bond acceptors (Lipinski definition) is 3. The van der Waals surface area contributed by atoms with Crippen LogP contribution in [0.4, 0.5) is 11.4 Å². The van der Waals surface area contributed by atoms with Gasteiger partial charge in [-0.25, -0.2) is 4.90 Å². The van der Waals surface area contributed by atoms with Crippen LogP contribution < -0.4 is 10.2 Å². The number of rotatable bonds is 5. The minimum absolute atomic E-state index is 0.305. The zero-order chi connectivity index (χ0) is 23.9. The van der Waals surface area contributed by atoms with Gasteiger partial charge in [-0.15, -0.1) is 0 Å². The average Bonchev–Trinajstić information content (AvgIpc) is 3.02. The van der Waals surface area contributed by atoms with Crippen molar-refractivity contribution in [1.29, 1.82) is 0 Å². The van der Waals surface area contributed by atoms with Gasteiger partial charge in [-0.05, 0) is 91.3 Å². The number of amides is 2. The molecule has 0 unspecified atom stereocenters. The van der Waals surface area contributed by atoms with Crippen LogP contribution in [0.3, 0.4) is 0 Å². The molecule has 0 aromatic heterocycles. The normalized spacial score (nSPS) is 14.0. The Labute approximate surface area is 195 Å². The average molecular weight is 439 g/mol. The van der Waals surface area contributed by atoms with E-state index in [4.69, 9.17) is 0 Å². The Hall–Kier alpha value is -3.66. The molecule has 2 amide bonds. The minimum Gasteiger partial charge on any atom is -0.350 e. The highest BCUT2D eigenvalue weighted by molar-refractivity contribution is 6.46. The summed E-state index contributed by atoms with van der Waals surface area (Å²) in [5.74, 6) is -0.286. The quantitative estimate of drug-likeness (QED) is 0.466. The Kier molecular flexibility index (Phi) is 5.94. The summed E-state index contributed by atoms with van der Waals surface area (Å²) in [6, 6.07) is 19.5. The van der Waals surface area contributed by atoms with E-state index in [-0.39, 0.29) is 11.8 Å². The third kappa shape index (κ3) is 4.21. The fraction of sp³-hybridized carbons (Fsp3) is 0.241. The van der Waals surface area contributed by atoms with Crippen LogP contribution in [-0.2, 0) is 9.59 Å². The van der Waals surface area contributed by atoms with Crippen molar-refractivity contribution in [3.8, 4) is 0 Å². The lowest BCUT2D eigenvalue weighted by Gasteiger charge is -2.17. The number of nitrogens with zero attached hydrogens (tertiary/aromatic N) is 1. The van der Waals surface area contributed by atoms with Gasteiger partial charge in [0.05, 0.1) is 11.3 Å². The third-order valence-electron chi connectivity index (χ3n) is 6.47. The lowest BCUT2D eigenvalue weighted by Crippen LogP contribution is -2.32. The predicted octanol–water partition coefficient (Wildman–Crippen LogP) is 6.44. The Morgan fingerprint density at radius 2 is 1.30 bits per heavy atom. The monoisotopic (exact) mass is 438 g/mol. The summed E-state index contributed by atoms with van der Waals surface area (Å²) < 4.78 is 0. The molecule has 168 valence electrons. The number of carbonyl (C=O) groups excluding carboxylic acids is 2. The first-order valence-corrected chi connectivity index (χ1v) is 11.3. The van der Waals surface area contributed by atoms with Gasteiger partial charge in [0.25, 0.3) is 11.8 Å². The first-order chi connectivity index (χ1) is 15.7. The number of carbonyl (C=O) groups is 2. The fourth-order valence-corrected chi connectivity index (χ4v) is 4.02. The lowest BCUT2D eigenvalue weighted by atomic mass is 9.99. The Morgan fingerprint density at radius 1 is 0.697 bits per heavy atom. The van der Waals surface area contributed by atoms with Gasteiger partial charge in [0.2, 0.25) is 0 Å². The van der Waals surface area contributed by atoms with Crippen molar-refractivity contribution in [3.63, 3.8) is 0 Å². The standard InChI is InChI=1S/C29H30N2O2/c1-17(2)22-10-13-25(14-11-22)31-28(32)26(23-9-7-18(3)20(5)15-23)27(29(31)33)30-24-12-8-19(4)21(6)16-24/h7-17,30H,1-6H3. The molecular weight excluding hydrogens is 408 g/mol. The van der Waals surface area contributed by atoms with Crippen molar-refractivity contribution in [2.75, 3.05) is 10.2 Å². The first-order valence-electron chi connectivity index (χ1n) is 11.3. The third-order valence-corrected chi connectivity index (χ3v) is 6.47. The second-order valence-electron chi connectivity index (χ2n) is 9.17. The van der Waals surface area contributed by atoms with E-state index in [1.807, 2.05) is 88.4 Å². The highest BCUT2D eigenvalue weighted by atomic mass is 16.2. The van der Waals surface area contributed by atoms with E-state index in [1.54, 1.807) is 0 Å². The van der Waals surface area contributed by atoms with Crippen molar-refractivity contribution in [2.24, 2.45) is 0 Å². The molecule has 4 heteroatoms. The summed E-state index contributed by atoms with van der Waals surface area (Å²) in [4.78, 5) is 28.5. The molecular formula is C29H30N2O2. The van der Waals surface area contributed by atoms with E-state index in [2.05, 4.69) is 19.2 Å². The van der Waals surface area contributed by atoms with E-state index in [1.165, 1.54) is 10.5 Å². The van der Waals surface area contributed by atoms with Gasteiger partial charge in [-0.2, -0.15) is 0 Å². The van der Waals surface area contributed by atoms with Gasteiger partial charge in [-0.3, -0.25) is 9.59 Å². The van der Waals surface area contributed by atoms with Crippen LogP contribution in [-0.4, -0.2) is 11.8 Å². The molecule has 3 aromatic carbocycles. The molecule has 33 heavy (non-hydrogen) atoms. The van der Waals surface area contributed by atoms with E-state index < -0.39 is 0 Å². The SMILES string of the molecule is Cc1ccc(NC2=C(c3ccc(C)c(C)c3)C(=O)N(c3ccc(C(C)C)cc3)C2=O)cc1C. The van der Waals surface area contributed by atoms with E-state index >= 15 is 0 Å². The molecule has 0 atom stereocenters. The maximum absolute atomic E-state index is 13.7. The molecule has 0 aliphatic carbocycles. The second kappa shape index (κ2) is 8.70. The van der Waals surface area contributed by atoms with Gasteiger partial charge < -0.3 is 5.32 Å². The van der Waals surface area contributed by atoms with Crippen LogP contribution in [0.25, 0.3) is 5.57 Å². The van der Waals surface area contributed by atoms with Gasteiger partial charge in [-0.1, -0.05) is 50.2 Å². The van der Waals surface area contributed by atoms with E-state index in [0.29, 0.717) is 22.9 Å². The molecule has 0 saturated carbocycles. The largest absolute Gasteiger partial charge is 0.350 e. The van der Waals surface area contributed by atoms with Crippen LogP contribution in [0.2, 0.25) is 0 Å². The highest BCUT2D eigenvalue weighted by Gasteiger charge is 2.40. The molecule has 4 rings (SSSR count). The Balaban J connectivity index is 1.81. The van der Waals surface area contributed by atoms with Crippen LogP contribution in [0.1, 0.15) is 53.1 Å². The number of anilines is 2. The molecule has 1 aliphatic rings. The maximum atomic E-state index is 13.7. The number of hydrogen-bond donors (Lipinski definition) is 1. The van der Waals surface area contributed by atoms with Gasteiger partial charge in [0.15, 0.2) is 0 Å². The van der Waals surface area contributed by atoms with E-state index in [0.717, 1.165) is 33.5 Å². The number of imide groups is 1. The van der Waals surface area contributed by atoms with Crippen molar-refractivity contribution in [1.82, 2.24) is 0 Å². The maximum Gasteiger partial charge on any atom is 0.282 e. The van der Waals surface area contributed by atoms with Crippen molar-refractivity contribution < 1.29 is 9.59 Å². The van der Waals surface area contributed by atoms with E-state index in [9.17, 15) is 9.59 Å². The van der Waals surface area contributed by atoms with Gasteiger partial charge in [0, 0.05) is 5.69 Å². The minimum atomic E-state index is -0.344. The van der Waals surface area contributed by atoms with Crippen molar-refractivity contribution in [3.05, 3.63) is 99.7 Å². The molecule has 0 spiro atoms. The summed E-state index contributed by atoms with van der Waals surface area (Å²) >= 11 is 0. The van der Waals surface area contributed by atoms with Gasteiger partial charge in [0.1, 0.15) is 5.70 Å². The zero-order valence-corrected chi connectivity index (χ0v) is 20.1. The molecule has 1 aliphatic heterocycles. The van der Waals surface area contributed by atoms with Gasteiger partial charge >= 0.3 is 0 Å². The first kappa shape index (κ1) is 22.5. The fourth-order valence-electron chi connectivity index (χ4n) is 4.02. The molecule has 0 saturated heterocycles. The molecule has 3 aromatic rings. The molecule has 1 heterocycles. The molecule has 0 fully saturated rings. The Morgan fingerprint density at radius 3 is 1.88 bits per heavy atom. The second-order valence-corrected chi connectivity index (χ2v) is 9.17. The van der Waals surface area contributed by atoms with Crippen molar-refractivity contribution >= 4 is 28.8 Å². The number of nitrogens with one attached hydrogen (secondary N) is 1. The van der Waals surface area contributed by atoms with Crippen LogP contribution in [0, 0.1) is 27.7 Å². The van der Waals surface area contributed by atoms with Crippen molar-refractivity contribution in [2.45, 2.75) is 47.5 Å². The summed E-state index contributed by atoms with van der Waals surface area (Å²) in [5.41, 5.74) is 8.47.